The Hall–Kier alpha value is -3.37. The average molecular weight is 389 g/mol. The van der Waals surface area contributed by atoms with E-state index < -0.39 is 5.56 Å². The molecule has 0 unspecified atom stereocenters. The van der Waals surface area contributed by atoms with E-state index in [1.165, 1.54) is 4.90 Å². The second-order valence-electron chi connectivity index (χ2n) is 5.90. The van der Waals surface area contributed by atoms with Gasteiger partial charge in [0.05, 0.1) is 11.9 Å². The molecule has 0 aliphatic rings. The van der Waals surface area contributed by atoms with Gasteiger partial charge in [0.25, 0.3) is 5.56 Å². The maximum absolute atomic E-state index is 12.2. The fourth-order valence-electron chi connectivity index (χ4n) is 2.47. The van der Waals surface area contributed by atoms with Crippen LogP contribution >= 0.6 is 11.8 Å². The Morgan fingerprint density at radius 2 is 1.96 bits per heavy atom. The van der Waals surface area contributed by atoms with Crippen LogP contribution < -0.4 is 11.0 Å². The molecule has 140 valence electrons. The van der Waals surface area contributed by atoms with Gasteiger partial charge in [0.1, 0.15) is 11.6 Å². The molecule has 0 aliphatic carbocycles. The highest BCUT2D eigenvalue weighted by Gasteiger charge is 2.12. The number of nitrogens with zero attached hydrogens (tertiary/aromatic N) is 3. The molecular formula is C21H19N5OS. The molecule has 6 nitrogen and oxygen atoms in total. The van der Waals surface area contributed by atoms with Gasteiger partial charge in [-0.05, 0) is 29.9 Å². The van der Waals surface area contributed by atoms with Crippen molar-refractivity contribution in [3.8, 4) is 17.3 Å². The first-order chi connectivity index (χ1) is 13.7. The fraction of sp³-hybridized carbons (Fsp3) is 0.143. The zero-order valence-corrected chi connectivity index (χ0v) is 16.2. The van der Waals surface area contributed by atoms with Crippen LogP contribution in [0.5, 0.6) is 0 Å². The highest BCUT2D eigenvalue weighted by atomic mass is 32.2. The number of benzene rings is 2. The highest BCUT2D eigenvalue weighted by Crippen LogP contribution is 2.20. The summed E-state index contributed by atoms with van der Waals surface area (Å²) in [6.07, 6.45) is 2.78. The first kappa shape index (κ1) is 19.4. The van der Waals surface area contributed by atoms with Crippen molar-refractivity contribution in [2.24, 2.45) is 5.10 Å². The van der Waals surface area contributed by atoms with Gasteiger partial charge in [-0.25, -0.2) is 10.4 Å². The van der Waals surface area contributed by atoms with E-state index in [0.717, 1.165) is 17.7 Å². The van der Waals surface area contributed by atoms with E-state index in [2.05, 4.69) is 39.6 Å². The standard InChI is InChI=1S/C21H19N5OS/c1-2-12-28-17-10-8-15(9-11-17)14-23-26-21-24-19(16-6-4-3-5-7-16)18(13-22)20(27)25-21/h3-11,14H,2,12H2,1H3,(H2,24,25,26,27). The molecule has 7 heteroatoms. The molecule has 0 radical (unpaired) electrons. The number of anilines is 1. The maximum atomic E-state index is 12.2. The minimum Gasteiger partial charge on any atom is -0.290 e. The number of aromatic amines is 1. The Morgan fingerprint density at radius 1 is 1.21 bits per heavy atom. The normalized spacial score (nSPS) is 10.7. The van der Waals surface area contributed by atoms with Crippen molar-refractivity contribution in [2.45, 2.75) is 18.2 Å². The molecule has 0 amide bonds. The third kappa shape index (κ3) is 4.87. The molecule has 3 aromatic rings. The van der Waals surface area contributed by atoms with Gasteiger partial charge in [-0.15, -0.1) is 11.8 Å². The lowest BCUT2D eigenvalue weighted by molar-refractivity contribution is 1.08. The molecule has 0 saturated heterocycles. The van der Waals surface area contributed by atoms with Crippen LogP contribution in [-0.4, -0.2) is 21.9 Å². The molecule has 3 rings (SSSR count). The zero-order chi connectivity index (χ0) is 19.8. The van der Waals surface area contributed by atoms with E-state index in [9.17, 15) is 10.1 Å². The lowest BCUT2D eigenvalue weighted by Crippen LogP contribution is -2.16. The minimum atomic E-state index is -0.508. The quantitative estimate of drug-likeness (QED) is 0.358. The van der Waals surface area contributed by atoms with E-state index in [4.69, 9.17) is 0 Å². The maximum Gasteiger partial charge on any atom is 0.270 e. The number of hydrazone groups is 1. The Kier molecular flexibility index (Phi) is 6.60. The van der Waals surface area contributed by atoms with Crippen LogP contribution in [0, 0.1) is 11.3 Å². The van der Waals surface area contributed by atoms with Crippen molar-refractivity contribution in [1.82, 2.24) is 9.97 Å². The molecule has 0 fully saturated rings. The molecule has 0 spiro atoms. The van der Waals surface area contributed by atoms with Crippen molar-refractivity contribution < 1.29 is 0 Å². The molecule has 28 heavy (non-hydrogen) atoms. The summed E-state index contributed by atoms with van der Waals surface area (Å²) in [7, 11) is 0. The van der Waals surface area contributed by atoms with Crippen LogP contribution in [0.25, 0.3) is 11.3 Å². The molecule has 0 bridgehead atoms. The SMILES string of the molecule is CCCSc1ccc(C=NNc2nc(-c3ccccc3)c(C#N)c(=O)[nH]2)cc1. The Labute approximate surface area is 167 Å². The molecule has 1 aromatic heterocycles. The van der Waals surface area contributed by atoms with E-state index >= 15 is 0 Å². The zero-order valence-electron chi connectivity index (χ0n) is 15.3. The van der Waals surface area contributed by atoms with Gasteiger partial charge in [-0.3, -0.25) is 9.78 Å². The lowest BCUT2D eigenvalue weighted by atomic mass is 10.1. The van der Waals surface area contributed by atoms with E-state index in [-0.39, 0.29) is 11.5 Å². The minimum absolute atomic E-state index is 0.0269. The number of rotatable bonds is 7. The Balaban J connectivity index is 1.78. The van der Waals surface area contributed by atoms with E-state index in [0.29, 0.717) is 11.3 Å². The van der Waals surface area contributed by atoms with Crippen molar-refractivity contribution in [2.75, 3.05) is 11.2 Å². The third-order valence-corrected chi connectivity index (χ3v) is 5.03. The van der Waals surface area contributed by atoms with Crippen molar-refractivity contribution >= 4 is 23.9 Å². The highest BCUT2D eigenvalue weighted by molar-refractivity contribution is 7.99. The van der Waals surface area contributed by atoms with Crippen LogP contribution in [0.4, 0.5) is 5.95 Å². The van der Waals surface area contributed by atoms with Gasteiger partial charge in [-0.2, -0.15) is 10.4 Å². The summed E-state index contributed by atoms with van der Waals surface area (Å²) in [6.45, 7) is 2.16. The predicted molar refractivity (Wildman–Crippen MR) is 114 cm³/mol. The number of hydrogen-bond acceptors (Lipinski definition) is 6. The van der Waals surface area contributed by atoms with Crippen molar-refractivity contribution in [3.05, 3.63) is 76.1 Å². The smallest absolute Gasteiger partial charge is 0.270 e. The van der Waals surface area contributed by atoms with Crippen molar-refractivity contribution in [1.29, 1.82) is 5.26 Å². The van der Waals surface area contributed by atoms with Crippen LogP contribution in [-0.2, 0) is 0 Å². The number of thioether (sulfide) groups is 1. The molecule has 0 aliphatic heterocycles. The van der Waals surface area contributed by atoms with Crippen molar-refractivity contribution in [3.63, 3.8) is 0 Å². The number of hydrogen-bond donors (Lipinski definition) is 2. The summed E-state index contributed by atoms with van der Waals surface area (Å²) in [5, 5.41) is 13.4. The summed E-state index contributed by atoms with van der Waals surface area (Å²) in [6, 6.07) is 19.1. The van der Waals surface area contributed by atoms with E-state index in [1.807, 2.05) is 48.2 Å². The summed E-state index contributed by atoms with van der Waals surface area (Å²) < 4.78 is 0. The molecular weight excluding hydrogens is 370 g/mol. The Morgan fingerprint density at radius 3 is 2.64 bits per heavy atom. The first-order valence-corrected chi connectivity index (χ1v) is 9.81. The largest absolute Gasteiger partial charge is 0.290 e. The van der Waals surface area contributed by atoms with Gasteiger partial charge in [0.2, 0.25) is 5.95 Å². The molecule has 0 atom stereocenters. The number of aromatic nitrogens is 2. The number of nitriles is 1. The van der Waals surface area contributed by atoms with Gasteiger partial charge < -0.3 is 0 Å². The van der Waals surface area contributed by atoms with Gasteiger partial charge in [0, 0.05) is 10.5 Å². The van der Waals surface area contributed by atoms with Gasteiger partial charge in [0.15, 0.2) is 0 Å². The Bertz CT molecular complexity index is 1050. The topological polar surface area (TPSA) is 93.9 Å². The van der Waals surface area contributed by atoms with Crippen LogP contribution in [0.1, 0.15) is 24.5 Å². The summed E-state index contributed by atoms with van der Waals surface area (Å²) >= 11 is 1.82. The predicted octanol–water partition coefficient (Wildman–Crippen LogP) is 4.26. The number of nitrogens with one attached hydrogen (secondary N) is 2. The van der Waals surface area contributed by atoms with Gasteiger partial charge >= 0.3 is 0 Å². The number of H-pyrrole nitrogens is 1. The summed E-state index contributed by atoms with van der Waals surface area (Å²) in [5.41, 5.74) is 4.13. The monoisotopic (exact) mass is 389 g/mol. The fourth-order valence-corrected chi connectivity index (χ4v) is 3.24. The summed E-state index contributed by atoms with van der Waals surface area (Å²) in [5.74, 6) is 1.27. The molecule has 2 N–H and O–H groups in total. The first-order valence-electron chi connectivity index (χ1n) is 8.83. The molecule has 1 heterocycles. The van der Waals surface area contributed by atoms with Crippen LogP contribution in [0.3, 0.4) is 0 Å². The summed E-state index contributed by atoms with van der Waals surface area (Å²) in [4.78, 5) is 20.3. The second kappa shape index (κ2) is 9.53. The lowest BCUT2D eigenvalue weighted by Gasteiger charge is -2.06. The second-order valence-corrected chi connectivity index (χ2v) is 7.07. The van der Waals surface area contributed by atoms with Gasteiger partial charge in [-0.1, -0.05) is 49.4 Å². The third-order valence-electron chi connectivity index (χ3n) is 3.82. The van der Waals surface area contributed by atoms with Crippen LogP contribution in [0.2, 0.25) is 0 Å². The molecule has 0 saturated carbocycles. The molecule has 2 aromatic carbocycles. The van der Waals surface area contributed by atoms with E-state index in [1.54, 1.807) is 18.3 Å². The van der Waals surface area contributed by atoms with Crippen LogP contribution in [0.15, 0.2) is 69.4 Å². The average Bonchev–Trinajstić information content (AvgIpc) is 2.73.